The van der Waals surface area contributed by atoms with Crippen LogP contribution in [0.4, 0.5) is 49.9 Å². The van der Waals surface area contributed by atoms with Gasteiger partial charge in [-0.15, -0.1) is 0 Å². The molecule has 0 spiro atoms. The molecule has 0 radical (unpaired) electrons. The maximum Gasteiger partial charge on any atom is 0.255 e. The third-order valence-corrected chi connectivity index (χ3v) is 23.0. The normalized spacial score (nSPS) is 11.1. The van der Waals surface area contributed by atoms with E-state index in [0.29, 0.717) is 50.9 Å². The summed E-state index contributed by atoms with van der Waals surface area (Å²) in [6, 6.07) is 88.4. The maximum absolute atomic E-state index is 13.1. The number of hydrogen-bond donors (Lipinski definition) is 6. The van der Waals surface area contributed by atoms with Gasteiger partial charge >= 0.3 is 0 Å². The van der Waals surface area contributed by atoms with Gasteiger partial charge < -0.3 is 88.7 Å². The van der Waals surface area contributed by atoms with Crippen LogP contribution in [0.15, 0.2) is 298 Å². The van der Waals surface area contributed by atoms with Gasteiger partial charge in [0.25, 0.3) is 23.6 Å². The molecule has 686 valence electrons. The minimum absolute atomic E-state index is 0.158. The molecule has 0 atom stereocenters. The third-order valence-electron chi connectivity index (χ3n) is 23.0. The average Bonchev–Trinajstić information content (AvgIpc) is 1.64. The van der Waals surface area contributed by atoms with E-state index in [4.69, 9.17) is 18.9 Å². The van der Waals surface area contributed by atoms with E-state index >= 15 is 0 Å². The zero-order chi connectivity index (χ0) is 94.0. The second-order valence-electron chi connectivity index (χ2n) is 34.1. The van der Waals surface area contributed by atoms with Gasteiger partial charge in [0.1, 0.15) is 40.3 Å². The Bertz CT molecular complexity index is 6630. The Morgan fingerprint density at radius 2 is 0.624 bits per heavy atom. The van der Waals surface area contributed by atoms with Crippen molar-refractivity contribution in [3.63, 3.8) is 0 Å². The number of rotatable bonds is 34. The number of nitrogens with zero attached hydrogens (tertiary/aromatic N) is 8. The van der Waals surface area contributed by atoms with E-state index in [1.807, 2.05) is 140 Å². The number of hydrogen-bond acceptors (Lipinski definition) is 14. The van der Waals surface area contributed by atoms with Crippen LogP contribution in [-0.4, -0.2) is 158 Å². The van der Waals surface area contributed by atoms with Crippen LogP contribution in [-0.2, 0) is 26.2 Å². The maximum atomic E-state index is 13.1. The van der Waals surface area contributed by atoms with E-state index in [2.05, 4.69) is 239 Å². The first-order valence-corrected chi connectivity index (χ1v) is 44.9. The molecule has 0 saturated carbocycles. The van der Waals surface area contributed by atoms with Gasteiger partial charge in [0.15, 0.2) is 0 Å². The second-order valence-corrected chi connectivity index (χ2v) is 34.1. The molecule has 0 aliphatic heterocycles. The van der Waals surface area contributed by atoms with Crippen molar-refractivity contribution in [2.75, 3.05) is 129 Å². The minimum Gasteiger partial charge on any atom is -0.497 e. The lowest BCUT2D eigenvalue weighted by molar-refractivity contribution is 0.101. The predicted octanol–water partition coefficient (Wildman–Crippen LogP) is 23.8. The number of anilines is 8. The molecule has 0 unspecified atom stereocenters. The van der Waals surface area contributed by atoms with Crippen molar-refractivity contribution in [2.45, 2.75) is 79.6 Å². The van der Waals surface area contributed by atoms with Gasteiger partial charge in [0.05, 0.1) is 14.2 Å². The summed E-state index contributed by atoms with van der Waals surface area (Å²) in [5.41, 5.74) is 18.5. The number of amides is 4. The highest BCUT2D eigenvalue weighted by molar-refractivity contribution is 6.07. The number of halogens is 1. The van der Waals surface area contributed by atoms with E-state index in [9.17, 15) is 23.6 Å². The summed E-state index contributed by atoms with van der Waals surface area (Å²) in [6.45, 7) is 16.9. The summed E-state index contributed by atoms with van der Waals surface area (Å²) >= 11 is 0. The second kappa shape index (κ2) is 46.2. The summed E-state index contributed by atoms with van der Waals surface area (Å²) in [4.78, 5) is 59.5. The zero-order valence-corrected chi connectivity index (χ0v) is 78.5. The number of benzene rings is 12. The molecule has 0 saturated heterocycles. The first-order chi connectivity index (χ1) is 64.3. The Labute approximate surface area is 779 Å². The number of methoxy groups -OCH3 is 2. The standard InChI is InChI=1S/C29H33N3O3.C28H31N3O2.C27H30N4O2.C26H27FN4O/c1-20-21(2)32(16-8-15-31(3)4)28-14-13-26(19-27(20)28)35-25-12-6-9-22(17-25)29(33)30-23-10-7-11-24(18-23)34-5;1-20-21(2)31(17-9-16-30(3)4)27-15-14-25(19-26(20)27)33-24-13-8-10-22(18-24)28(32)29-23-11-6-5-7-12-23;1-30(2)15-5-16-31-17-14-20-18-24(10-13-26(20)31)28-23-7-4-6-21(19-23)27(32)29-22-8-11-25(33-3)12-9-22;1-30(2)14-4-15-31-16-13-19-17-24(11-12-25(19)31)28-23-6-3-5-20(18-23)26(32)29-22-9-7-21(27)8-10-22/h6-7,9-14,17-19H,8,15-16H2,1-5H3,(H,30,33);5-8,10-15,18-19H,9,16-17H2,1-4H3,(H,29,32);4,6-14,17-19,28H,5,15-16H2,1-3H3,(H,29,32);3,5-13,16-18,28H,4,14-15H2,1-2H3,(H,29,32). The van der Waals surface area contributed by atoms with Crippen molar-refractivity contribution in [3.05, 3.63) is 348 Å². The molecule has 0 aliphatic rings. The number of fused-ring (bicyclic) bond motifs is 4. The van der Waals surface area contributed by atoms with E-state index in [-0.39, 0.29) is 29.4 Å². The van der Waals surface area contributed by atoms with Gasteiger partial charge in [-0.1, -0.05) is 48.5 Å². The minimum atomic E-state index is -0.338. The number of para-hydroxylation sites is 1. The molecule has 6 N–H and O–H groups in total. The monoisotopic (exact) mass is 1780 g/mol. The lowest BCUT2D eigenvalue weighted by atomic mass is 10.1. The highest BCUT2D eigenvalue weighted by Crippen LogP contribution is 2.36. The Balaban J connectivity index is 0.000000151. The molecule has 4 aromatic heterocycles. The van der Waals surface area contributed by atoms with E-state index in [1.165, 1.54) is 90.4 Å². The van der Waals surface area contributed by atoms with Gasteiger partial charge in [0.2, 0.25) is 0 Å². The predicted molar refractivity (Wildman–Crippen MR) is 543 cm³/mol. The van der Waals surface area contributed by atoms with Gasteiger partial charge in [0, 0.05) is 167 Å². The van der Waals surface area contributed by atoms with Crippen molar-refractivity contribution in [3.8, 4) is 34.5 Å². The fourth-order valence-electron chi connectivity index (χ4n) is 15.8. The van der Waals surface area contributed by atoms with Crippen LogP contribution in [0.2, 0.25) is 0 Å². The SMILES string of the molecule is CN(C)CCCn1ccc2cc(Nc3cccc(C(=O)Nc4ccc(F)cc4)c3)ccc21.COc1ccc(NC(=O)c2cccc(Nc3ccc4c(ccn4CCCN(C)C)c3)c2)cc1.COc1cccc(NC(=O)c2cccc(Oc3ccc4c(c3)c(C)c(C)n4CCCN(C)C)c2)c1.Cc1c(C)n(CCCN(C)C)c2ccc(Oc3cccc(C(=O)Nc4ccccc4)c3)cc12. The summed E-state index contributed by atoms with van der Waals surface area (Å²) in [5.74, 6) is 3.08. The van der Waals surface area contributed by atoms with Crippen molar-refractivity contribution < 1.29 is 42.5 Å². The van der Waals surface area contributed by atoms with E-state index in [1.54, 1.807) is 62.8 Å². The molecule has 4 heterocycles. The number of carbonyl (C=O) groups is 4. The van der Waals surface area contributed by atoms with Crippen molar-refractivity contribution in [2.24, 2.45) is 0 Å². The lowest BCUT2D eigenvalue weighted by Gasteiger charge is -2.12. The fourth-order valence-corrected chi connectivity index (χ4v) is 15.8. The van der Waals surface area contributed by atoms with Crippen LogP contribution in [0.5, 0.6) is 34.5 Å². The molecule has 23 heteroatoms. The molecule has 133 heavy (non-hydrogen) atoms. The fraction of sp³-hybridized carbons (Fsp3) is 0.236. The summed E-state index contributed by atoms with van der Waals surface area (Å²) in [7, 11) is 20.0. The van der Waals surface area contributed by atoms with Crippen molar-refractivity contribution in [1.82, 2.24) is 37.9 Å². The molecule has 12 aromatic carbocycles. The Hall–Kier alpha value is -14.8. The summed E-state index contributed by atoms with van der Waals surface area (Å²) in [5, 5.41) is 23.1. The molecule has 4 amide bonds. The first-order valence-electron chi connectivity index (χ1n) is 44.9. The van der Waals surface area contributed by atoms with Crippen LogP contribution < -0.4 is 50.8 Å². The Morgan fingerprint density at radius 3 is 1.05 bits per heavy atom. The van der Waals surface area contributed by atoms with Crippen LogP contribution in [0.25, 0.3) is 43.6 Å². The van der Waals surface area contributed by atoms with Gasteiger partial charge in [-0.3, -0.25) is 19.2 Å². The highest BCUT2D eigenvalue weighted by Gasteiger charge is 2.19. The molecule has 16 aromatic rings. The Kier molecular flexibility index (Phi) is 33.3. The van der Waals surface area contributed by atoms with Gasteiger partial charge in [-0.25, -0.2) is 4.39 Å². The summed E-state index contributed by atoms with van der Waals surface area (Å²) < 4.78 is 45.1. The van der Waals surface area contributed by atoms with E-state index < -0.39 is 0 Å². The molecule has 16 rings (SSSR count). The largest absolute Gasteiger partial charge is 0.497 e. The highest BCUT2D eigenvalue weighted by atomic mass is 19.1. The van der Waals surface area contributed by atoms with Gasteiger partial charge in [-0.2, -0.15) is 0 Å². The van der Waals surface area contributed by atoms with Gasteiger partial charge in [-0.05, 0) is 378 Å². The number of aryl methyl sites for hydroxylation is 6. The third kappa shape index (κ3) is 26.8. The van der Waals surface area contributed by atoms with Crippen molar-refractivity contribution in [1.29, 1.82) is 0 Å². The Morgan fingerprint density at radius 1 is 0.301 bits per heavy atom. The molecule has 0 aliphatic carbocycles. The molecule has 22 nitrogen and oxygen atoms in total. The molecular formula is C110H121FN14O8. The van der Waals surface area contributed by atoms with Crippen LogP contribution in [0.1, 0.15) is 89.6 Å². The zero-order valence-electron chi connectivity index (χ0n) is 78.5. The smallest absolute Gasteiger partial charge is 0.255 e. The molecular weight excluding hydrogens is 1660 g/mol. The number of ether oxygens (including phenoxy) is 4. The van der Waals surface area contributed by atoms with Crippen LogP contribution in [0, 0.1) is 33.5 Å². The number of carbonyl (C=O) groups excluding carboxylic acids is 4. The topological polar surface area (TPSA) is 210 Å². The quantitative estimate of drug-likeness (QED) is 0.0222. The molecule has 0 bridgehead atoms. The van der Waals surface area contributed by atoms with Crippen LogP contribution >= 0.6 is 0 Å². The first kappa shape index (κ1) is 95.8. The average molecular weight is 1790 g/mol. The lowest BCUT2D eigenvalue weighted by Crippen LogP contribution is -2.15. The van der Waals surface area contributed by atoms with Crippen LogP contribution in [0.3, 0.4) is 0 Å². The summed E-state index contributed by atoms with van der Waals surface area (Å²) in [6.07, 6.45) is 8.69. The number of nitrogens with one attached hydrogen (secondary N) is 6. The number of aromatic nitrogens is 4. The van der Waals surface area contributed by atoms with E-state index in [0.717, 1.165) is 129 Å². The van der Waals surface area contributed by atoms with Crippen molar-refractivity contribution >= 4 is 113 Å². The molecule has 0 fully saturated rings.